The van der Waals surface area contributed by atoms with Crippen molar-refractivity contribution >= 4 is 23.5 Å². The van der Waals surface area contributed by atoms with Gasteiger partial charge in [-0.2, -0.15) is 0 Å². The molecule has 0 spiro atoms. The highest BCUT2D eigenvalue weighted by molar-refractivity contribution is 6.06. The number of nitrogens with zero attached hydrogens (tertiary/aromatic N) is 1. The summed E-state index contributed by atoms with van der Waals surface area (Å²) in [6.07, 6.45) is 3.22. The molecule has 0 aromatic heterocycles. The van der Waals surface area contributed by atoms with Crippen LogP contribution in [0, 0.1) is 17.0 Å². The van der Waals surface area contributed by atoms with Gasteiger partial charge in [0.25, 0.3) is 5.69 Å². The van der Waals surface area contributed by atoms with E-state index in [1.165, 1.54) is 36.4 Å². The lowest BCUT2D eigenvalue weighted by Crippen LogP contribution is -2.09. The molecule has 29 heavy (non-hydrogen) atoms. The Bertz CT molecular complexity index is 1080. The Morgan fingerprint density at radius 2 is 1.62 bits per heavy atom. The lowest BCUT2D eigenvalue weighted by atomic mass is 10.1. The van der Waals surface area contributed by atoms with Crippen molar-refractivity contribution < 1.29 is 19.2 Å². The highest BCUT2D eigenvalue weighted by Crippen LogP contribution is 2.18. The fourth-order valence-corrected chi connectivity index (χ4v) is 2.55. The van der Waals surface area contributed by atoms with Gasteiger partial charge in [-0.25, -0.2) is 4.79 Å². The molecule has 6 nitrogen and oxygen atoms in total. The van der Waals surface area contributed by atoms with Crippen LogP contribution in [-0.2, 0) is 0 Å². The van der Waals surface area contributed by atoms with Crippen LogP contribution in [0.3, 0.4) is 0 Å². The highest BCUT2D eigenvalue weighted by Gasteiger charge is 2.13. The number of ketones is 1. The fourth-order valence-electron chi connectivity index (χ4n) is 2.55. The molecule has 6 heteroatoms. The quantitative estimate of drug-likeness (QED) is 0.148. The summed E-state index contributed by atoms with van der Waals surface area (Å²) in [4.78, 5) is 34.7. The molecule has 0 fully saturated rings. The zero-order valence-corrected chi connectivity index (χ0v) is 15.6. The van der Waals surface area contributed by atoms with Gasteiger partial charge >= 0.3 is 5.97 Å². The van der Waals surface area contributed by atoms with E-state index in [0.29, 0.717) is 5.56 Å². The Hall–Kier alpha value is -4.06. The van der Waals surface area contributed by atoms with Gasteiger partial charge in [0.2, 0.25) is 0 Å². The van der Waals surface area contributed by atoms with Crippen LogP contribution in [0.5, 0.6) is 5.75 Å². The monoisotopic (exact) mass is 387 g/mol. The molecule has 3 rings (SSSR count). The third-order valence-corrected chi connectivity index (χ3v) is 4.15. The van der Waals surface area contributed by atoms with Gasteiger partial charge in [-0.15, -0.1) is 0 Å². The third-order valence-electron chi connectivity index (χ3n) is 4.15. The van der Waals surface area contributed by atoms with Gasteiger partial charge in [-0.05, 0) is 48.9 Å². The Labute approximate surface area is 167 Å². The van der Waals surface area contributed by atoms with E-state index < -0.39 is 10.9 Å². The number of rotatable bonds is 6. The fraction of sp³-hybridized carbons (Fsp3) is 0.0435. The number of non-ortho nitro benzene ring substituents is 1. The number of aryl methyl sites for hydroxylation is 1. The van der Waals surface area contributed by atoms with Crippen LogP contribution in [-0.4, -0.2) is 16.7 Å². The number of nitro groups is 1. The summed E-state index contributed by atoms with van der Waals surface area (Å²) in [5.74, 6) is -0.658. The molecule has 0 atom stereocenters. The summed E-state index contributed by atoms with van der Waals surface area (Å²) in [5.41, 5.74) is 2.39. The number of benzene rings is 3. The molecule has 0 aliphatic heterocycles. The minimum atomic E-state index is -0.716. The van der Waals surface area contributed by atoms with Crippen LogP contribution in [0.1, 0.15) is 31.8 Å². The second-order valence-electron chi connectivity index (χ2n) is 6.33. The molecule has 0 saturated heterocycles. The van der Waals surface area contributed by atoms with Crippen molar-refractivity contribution in [2.24, 2.45) is 0 Å². The number of hydrogen-bond acceptors (Lipinski definition) is 5. The third kappa shape index (κ3) is 5.23. The largest absolute Gasteiger partial charge is 0.423 e. The molecule has 0 aliphatic rings. The molecule has 0 aliphatic carbocycles. The normalized spacial score (nSPS) is 10.7. The molecular weight excluding hydrogens is 370 g/mol. The van der Waals surface area contributed by atoms with E-state index >= 15 is 0 Å². The molecule has 3 aromatic carbocycles. The van der Waals surface area contributed by atoms with Gasteiger partial charge in [0.05, 0.1) is 10.5 Å². The smallest absolute Gasteiger partial charge is 0.343 e. The van der Waals surface area contributed by atoms with Crippen LogP contribution in [0.25, 0.3) is 6.08 Å². The average molecular weight is 387 g/mol. The van der Waals surface area contributed by atoms with Crippen LogP contribution in [0.2, 0.25) is 0 Å². The van der Waals surface area contributed by atoms with E-state index in [2.05, 4.69) is 0 Å². The topological polar surface area (TPSA) is 86.5 Å². The first-order valence-corrected chi connectivity index (χ1v) is 8.78. The summed E-state index contributed by atoms with van der Waals surface area (Å²) in [6.45, 7) is 1.99. The first kappa shape index (κ1) is 19.7. The average Bonchev–Trinajstić information content (AvgIpc) is 2.73. The van der Waals surface area contributed by atoms with Crippen molar-refractivity contribution in [3.05, 3.63) is 111 Å². The van der Waals surface area contributed by atoms with Gasteiger partial charge in [0, 0.05) is 17.7 Å². The summed E-state index contributed by atoms with van der Waals surface area (Å²) < 4.78 is 5.22. The molecule has 3 aromatic rings. The van der Waals surface area contributed by atoms with Gasteiger partial charge in [0.1, 0.15) is 5.75 Å². The predicted octanol–water partition coefficient (Wildman–Crippen LogP) is 5.02. The number of allylic oxidation sites excluding steroid dienone is 1. The zero-order chi connectivity index (χ0) is 20.8. The predicted molar refractivity (Wildman–Crippen MR) is 109 cm³/mol. The maximum Gasteiger partial charge on any atom is 0.343 e. The Morgan fingerprint density at radius 1 is 0.931 bits per heavy atom. The van der Waals surface area contributed by atoms with E-state index in [9.17, 15) is 19.7 Å². The maximum absolute atomic E-state index is 12.3. The lowest BCUT2D eigenvalue weighted by molar-refractivity contribution is -0.384. The lowest BCUT2D eigenvalue weighted by Gasteiger charge is -2.05. The van der Waals surface area contributed by atoms with Crippen molar-refractivity contribution in [1.82, 2.24) is 0 Å². The molecule has 0 saturated carbocycles. The molecule has 0 radical (unpaired) electrons. The van der Waals surface area contributed by atoms with Crippen molar-refractivity contribution in [3.63, 3.8) is 0 Å². The van der Waals surface area contributed by atoms with Gasteiger partial charge in [-0.1, -0.05) is 42.0 Å². The standard InChI is InChI=1S/C23H17NO5/c1-16-5-7-17(8-6-16)9-14-22(25)18-10-12-21(13-11-18)29-23(26)19-3-2-4-20(15-19)24(27)28/h2-15H,1H3. The molecule has 0 unspecified atom stereocenters. The van der Waals surface area contributed by atoms with E-state index in [0.717, 1.165) is 17.2 Å². The first-order chi connectivity index (χ1) is 13.9. The van der Waals surface area contributed by atoms with Gasteiger partial charge in [-0.3, -0.25) is 14.9 Å². The van der Waals surface area contributed by atoms with Crippen LogP contribution in [0.4, 0.5) is 5.69 Å². The maximum atomic E-state index is 12.3. The number of nitro benzene ring substituents is 1. The van der Waals surface area contributed by atoms with E-state index in [1.807, 2.05) is 31.2 Å². The number of carbonyl (C=O) groups is 2. The van der Waals surface area contributed by atoms with Gasteiger partial charge in [0.15, 0.2) is 5.78 Å². The summed E-state index contributed by atoms with van der Waals surface area (Å²) in [7, 11) is 0. The Balaban J connectivity index is 1.65. The number of hydrogen-bond donors (Lipinski definition) is 0. The second kappa shape index (κ2) is 8.75. The Kier molecular flexibility index (Phi) is 5.94. The van der Waals surface area contributed by atoms with Crippen molar-refractivity contribution in [3.8, 4) is 5.75 Å². The molecule has 0 amide bonds. The Morgan fingerprint density at radius 3 is 2.28 bits per heavy atom. The first-order valence-electron chi connectivity index (χ1n) is 8.78. The van der Waals surface area contributed by atoms with Crippen molar-refractivity contribution in [2.45, 2.75) is 6.92 Å². The number of esters is 1. The van der Waals surface area contributed by atoms with Gasteiger partial charge < -0.3 is 4.74 Å². The highest BCUT2D eigenvalue weighted by atomic mass is 16.6. The number of ether oxygens (including phenoxy) is 1. The van der Waals surface area contributed by atoms with Crippen LogP contribution < -0.4 is 4.74 Å². The van der Waals surface area contributed by atoms with E-state index in [1.54, 1.807) is 18.2 Å². The molecule has 0 bridgehead atoms. The molecule has 144 valence electrons. The molecule has 0 N–H and O–H groups in total. The molecular formula is C23H17NO5. The minimum Gasteiger partial charge on any atom is -0.423 e. The van der Waals surface area contributed by atoms with Crippen molar-refractivity contribution in [1.29, 1.82) is 0 Å². The van der Waals surface area contributed by atoms with Crippen LogP contribution >= 0.6 is 0 Å². The summed E-state index contributed by atoms with van der Waals surface area (Å²) in [6, 6.07) is 19.2. The second-order valence-corrected chi connectivity index (χ2v) is 6.33. The minimum absolute atomic E-state index is 0.0698. The van der Waals surface area contributed by atoms with E-state index in [4.69, 9.17) is 4.74 Å². The zero-order valence-electron chi connectivity index (χ0n) is 15.6. The van der Waals surface area contributed by atoms with Crippen molar-refractivity contribution in [2.75, 3.05) is 0 Å². The SMILES string of the molecule is Cc1ccc(C=CC(=O)c2ccc(OC(=O)c3cccc([N+](=O)[O-])c3)cc2)cc1. The van der Waals surface area contributed by atoms with Crippen LogP contribution in [0.15, 0.2) is 78.9 Å². The summed E-state index contributed by atoms with van der Waals surface area (Å²) in [5, 5.41) is 10.8. The van der Waals surface area contributed by atoms with E-state index in [-0.39, 0.29) is 22.8 Å². The number of carbonyl (C=O) groups excluding carboxylic acids is 2. The summed E-state index contributed by atoms with van der Waals surface area (Å²) >= 11 is 0. The molecule has 0 heterocycles.